The summed E-state index contributed by atoms with van der Waals surface area (Å²) in [4.78, 5) is 25.0. The van der Waals surface area contributed by atoms with Crippen molar-refractivity contribution >= 4 is 22.8 Å². The number of nitrogens with one attached hydrogen (secondary N) is 1. The number of hydrogen-bond donors (Lipinski definition) is 2. The van der Waals surface area contributed by atoms with Crippen LogP contribution in [0.15, 0.2) is 24.3 Å². The first-order chi connectivity index (χ1) is 10.6. The molecule has 0 radical (unpaired) electrons. The number of carbonyl (C=O) groups is 2. The molecular weight excluding hydrogens is 286 g/mol. The Balaban J connectivity index is 1.85. The van der Waals surface area contributed by atoms with Crippen molar-refractivity contribution in [2.45, 2.75) is 18.9 Å². The second-order valence-electron chi connectivity index (χ2n) is 5.33. The Hall–Kier alpha value is -2.41. The normalized spacial score (nSPS) is 17.7. The van der Waals surface area contributed by atoms with Gasteiger partial charge in [-0.2, -0.15) is 5.10 Å². The summed E-state index contributed by atoms with van der Waals surface area (Å²) in [5.74, 6) is -1.44. The predicted octanol–water partition coefficient (Wildman–Crippen LogP) is 1.27. The van der Waals surface area contributed by atoms with E-state index in [2.05, 4.69) is 10.2 Å². The number of fused-ring (bicyclic) bond motifs is 1. The number of H-pyrrole nitrogens is 1. The van der Waals surface area contributed by atoms with E-state index in [1.165, 1.54) is 4.90 Å². The first-order valence-corrected chi connectivity index (χ1v) is 7.21. The molecule has 1 aliphatic rings. The van der Waals surface area contributed by atoms with E-state index in [1.54, 1.807) is 6.07 Å². The molecule has 2 heterocycles. The molecule has 2 N–H and O–H groups in total. The van der Waals surface area contributed by atoms with Crippen molar-refractivity contribution in [2.24, 2.45) is 0 Å². The maximum absolute atomic E-state index is 12.7. The van der Waals surface area contributed by atoms with Crippen molar-refractivity contribution in [1.29, 1.82) is 0 Å². The minimum atomic E-state index is -1.05. The molecule has 1 unspecified atom stereocenters. The summed E-state index contributed by atoms with van der Waals surface area (Å²) in [5, 5.41) is 16.6. The van der Waals surface area contributed by atoms with Crippen LogP contribution in [0.1, 0.15) is 23.3 Å². The number of benzene rings is 1. The van der Waals surface area contributed by atoms with Gasteiger partial charge in [-0.3, -0.25) is 14.7 Å². The summed E-state index contributed by atoms with van der Waals surface area (Å²) >= 11 is 0. The van der Waals surface area contributed by atoms with Gasteiger partial charge in [0.15, 0.2) is 5.69 Å². The molecule has 1 saturated heterocycles. The van der Waals surface area contributed by atoms with Crippen LogP contribution in [0.5, 0.6) is 0 Å². The number of para-hydroxylation sites is 1. The van der Waals surface area contributed by atoms with Crippen molar-refractivity contribution < 1.29 is 19.4 Å². The number of aliphatic carboxylic acids is 1. The fraction of sp³-hybridized carbons (Fsp3) is 0.400. The van der Waals surface area contributed by atoms with Crippen molar-refractivity contribution in [3.63, 3.8) is 0 Å². The van der Waals surface area contributed by atoms with E-state index >= 15 is 0 Å². The molecule has 1 amide bonds. The highest BCUT2D eigenvalue weighted by atomic mass is 16.5. The highest BCUT2D eigenvalue weighted by molar-refractivity contribution is 6.05. The van der Waals surface area contributed by atoms with Crippen LogP contribution >= 0.6 is 0 Å². The number of ether oxygens (including phenoxy) is 1. The lowest BCUT2D eigenvalue weighted by molar-refractivity contribution is -0.138. The molecule has 1 aliphatic heterocycles. The number of rotatable bonds is 5. The average Bonchev–Trinajstić information content (AvgIpc) is 3.14. The van der Waals surface area contributed by atoms with E-state index < -0.39 is 11.9 Å². The summed E-state index contributed by atoms with van der Waals surface area (Å²) in [6, 6.07) is 7.27. The fourth-order valence-corrected chi connectivity index (χ4v) is 2.69. The third-order valence-corrected chi connectivity index (χ3v) is 3.73. The Morgan fingerprint density at radius 3 is 2.95 bits per heavy atom. The van der Waals surface area contributed by atoms with E-state index in [4.69, 9.17) is 9.84 Å². The van der Waals surface area contributed by atoms with Crippen LogP contribution in [0.3, 0.4) is 0 Å². The van der Waals surface area contributed by atoms with Crippen molar-refractivity contribution in [1.82, 2.24) is 15.1 Å². The maximum Gasteiger partial charge on any atom is 0.323 e. The van der Waals surface area contributed by atoms with E-state index in [-0.39, 0.29) is 24.9 Å². The first kappa shape index (κ1) is 14.5. The van der Waals surface area contributed by atoms with Crippen LogP contribution in [0.25, 0.3) is 10.9 Å². The number of nitrogens with zero attached hydrogens (tertiary/aromatic N) is 2. The van der Waals surface area contributed by atoms with Gasteiger partial charge in [-0.1, -0.05) is 18.2 Å². The van der Waals surface area contributed by atoms with Crippen LogP contribution < -0.4 is 0 Å². The van der Waals surface area contributed by atoms with Gasteiger partial charge in [0.2, 0.25) is 0 Å². The van der Waals surface area contributed by atoms with Crippen LogP contribution in [-0.2, 0) is 9.53 Å². The number of carboxylic acid groups (broad SMARTS) is 1. The summed E-state index contributed by atoms with van der Waals surface area (Å²) in [5.41, 5.74) is 0.994. The molecule has 1 aromatic heterocycles. The summed E-state index contributed by atoms with van der Waals surface area (Å²) < 4.78 is 5.50. The summed E-state index contributed by atoms with van der Waals surface area (Å²) in [6.45, 7) is 0.567. The minimum Gasteiger partial charge on any atom is -0.480 e. The number of aromatic amines is 1. The monoisotopic (exact) mass is 303 g/mol. The van der Waals surface area contributed by atoms with Gasteiger partial charge in [0.25, 0.3) is 5.91 Å². The largest absolute Gasteiger partial charge is 0.480 e. The lowest BCUT2D eigenvalue weighted by atomic mass is 10.1. The first-order valence-electron chi connectivity index (χ1n) is 7.21. The maximum atomic E-state index is 12.7. The van der Waals surface area contributed by atoms with Gasteiger partial charge in [-0.15, -0.1) is 0 Å². The lowest BCUT2D eigenvalue weighted by Gasteiger charge is -2.23. The van der Waals surface area contributed by atoms with Gasteiger partial charge in [0.1, 0.15) is 6.54 Å². The smallest absolute Gasteiger partial charge is 0.323 e. The number of carboxylic acids is 1. The molecule has 1 fully saturated rings. The molecule has 22 heavy (non-hydrogen) atoms. The highest BCUT2D eigenvalue weighted by Gasteiger charge is 2.27. The van der Waals surface area contributed by atoms with Crippen LogP contribution in [0, 0.1) is 0 Å². The second-order valence-corrected chi connectivity index (χ2v) is 5.33. The summed E-state index contributed by atoms with van der Waals surface area (Å²) in [6.07, 6.45) is 1.67. The Labute approximate surface area is 126 Å². The molecule has 2 aromatic rings. The Morgan fingerprint density at radius 2 is 2.23 bits per heavy atom. The third kappa shape index (κ3) is 2.94. The number of carbonyl (C=O) groups excluding carboxylic acids is 1. The van der Waals surface area contributed by atoms with Crippen molar-refractivity contribution in [2.75, 3.05) is 19.7 Å². The number of hydrogen-bond acceptors (Lipinski definition) is 4. The predicted molar refractivity (Wildman–Crippen MR) is 78.6 cm³/mol. The van der Waals surface area contributed by atoms with Gasteiger partial charge in [-0.05, 0) is 18.9 Å². The second kappa shape index (κ2) is 6.15. The van der Waals surface area contributed by atoms with Crippen LogP contribution in [0.4, 0.5) is 0 Å². The van der Waals surface area contributed by atoms with Gasteiger partial charge >= 0.3 is 5.97 Å². The fourth-order valence-electron chi connectivity index (χ4n) is 2.69. The Kier molecular flexibility index (Phi) is 4.06. The Bertz CT molecular complexity index is 691. The molecule has 3 rings (SSSR count). The van der Waals surface area contributed by atoms with E-state index in [0.29, 0.717) is 12.0 Å². The Morgan fingerprint density at radius 1 is 1.41 bits per heavy atom. The van der Waals surface area contributed by atoms with Crippen LogP contribution in [-0.4, -0.2) is 57.9 Å². The lowest BCUT2D eigenvalue weighted by Crippen LogP contribution is -2.41. The molecule has 7 heteroatoms. The topological polar surface area (TPSA) is 95.5 Å². The standard InChI is InChI=1S/C15H17N3O4/c19-13(20)9-18(8-10-4-3-7-22-10)15(21)14-11-5-1-2-6-12(11)16-17-14/h1-2,5-6,10H,3-4,7-9H2,(H,16,17)(H,19,20). The van der Waals surface area contributed by atoms with Gasteiger partial charge in [0.05, 0.1) is 11.6 Å². The van der Waals surface area contributed by atoms with Gasteiger partial charge in [0, 0.05) is 18.5 Å². The SMILES string of the molecule is O=C(O)CN(CC1CCCO1)C(=O)c1n[nH]c2ccccc12. The van der Waals surface area contributed by atoms with Crippen molar-refractivity contribution in [3.8, 4) is 0 Å². The number of aromatic nitrogens is 2. The molecule has 0 aliphatic carbocycles. The average molecular weight is 303 g/mol. The summed E-state index contributed by atoms with van der Waals surface area (Å²) in [7, 11) is 0. The van der Waals surface area contributed by atoms with Crippen LogP contribution in [0.2, 0.25) is 0 Å². The quantitative estimate of drug-likeness (QED) is 0.867. The molecule has 1 aromatic carbocycles. The van der Waals surface area contributed by atoms with Gasteiger partial charge in [-0.25, -0.2) is 0 Å². The molecule has 0 bridgehead atoms. The van der Waals surface area contributed by atoms with E-state index in [1.807, 2.05) is 18.2 Å². The van der Waals surface area contributed by atoms with E-state index in [9.17, 15) is 9.59 Å². The van der Waals surface area contributed by atoms with Crippen molar-refractivity contribution in [3.05, 3.63) is 30.0 Å². The van der Waals surface area contributed by atoms with E-state index in [0.717, 1.165) is 18.4 Å². The third-order valence-electron chi connectivity index (χ3n) is 3.73. The zero-order valence-corrected chi connectivity index (χ0v) is 12.0. The minimum absolute atomic E-state index is 0.103. The molecule has 0 saturated carbocycles. The van der Waals surface area contributed by atoms with Gasteiger partial charge < -0.3 is 14.7 Å². The molecule has 116 valence electrons. The molecule has 7 nitrogen and oxygen atoms in total. The zero-order chi connectivity index (χ0) is 15.5. The molecule has 1 atom stereocenters. The highest BCUT2D eigenvalue weighted by Crippen LogP contribution is 2.19. The number of amides is 1. The molecule has 0 spiro atoms. The zero-order valence-electron chi connectivity index (χ0n) is 12.0. The molecular formula is C15H17N3O4.